The normalized spacial score (nSPS) is 36.9. The van der Waals surface area contributed by atoms with Gasteiger partial charge in [0.25, 0.3) is 0 Å². The number of fused-ring (bicyclic) bond motifs is 5. The molecule has 0 aromatic heterocycles. The largest absolute Gasteiger partial charge is 0.508 e. The molecule has 1 aromatic rings. The molecule has 5 rings (SSSR count). The molecule has 7 atom stereocenters. The highest BCUT2D eigenvalue weighted by Gasteiger charge is 2.59. The van der Waals surface area contributed by atoms with Gasteiger partial charge in [-0.1, -0.05) is 19.9 Å². The molecule has 1 heterocycles. The summed E-state index contributed by atoms with van der Waals surface area (Å²) in [5.74, 6) is 3.03. The van der Waals surface area contributed by atoms with Crippen LogP contribution in [0.25, 0.3) is 0 Å². The van der Waals surface area contributed by atoms with Crippen molar-refractivity contribution in [1.82, 2.24) is 5.32 Å². The van der Waals surface area contributed by atoms with Crippen LogP contribution in [0, 0.1) is 23.2 Å². The molecule has 3 aliphatic carbocycles. The number of carbonyl (C=O) groups is 1. The topological polar surface area (TPSA) is 67.8 Å². The van der Waals surface area contributed by atoms with E-state index >= 15 is 0 Å². The summed E-state index contributed by atoms with van der Waals surface area (Å²) in [6.45, 7) is 6.00. The Kier molecular flexibility index (Phi) is 7.22. The summed E-state index contributed by atoms with van der Waals surface area (Å²) in [6.07, 6.45) is 12.1. The molecule has 0 radical (unpaired) electrons. The maximum atomic E-state index is 11.7. The molecule has 3 fully saturated rings. The third-order valence-corrected chi connectivity index (χ3v) is 9.61. The number of amides is 1. The average Bonchev–Trinajstić information content (AvgIpc) is 3.13. The highest BCUT2D eigenvalue weighted by atomic mass is 16.7. The van der Waals surface area contributed by atoms with Crippen LogP contribution in [-0.2, 0) is 20.7 Å². The second-order valence-corrected chi connectivity index (χ2v) is 11.5. The molecule has 2 N–H and O–H groups in total. The van der Waals surface area contributed by atoms with Crippen LogP contribution in [0.15, 0.2) is 18.2 Å². The quantitative estimate of drug-likeness (QED) is 0.503. The summed E-state index contributed by atoms with van der Waals surface area (Å²) in [7, 11) is 0. The van der Waals surface area contributed by atoms with E-state index in [9.17, 15) is 9.90 Å². The minimum Gasteiger partial charge on any atom is -0.508 e. The molecule has 5 heteroatoms. The van der Waals surface area contributed by atoms with Crippen molar-refractivity contribution in [2.45, 2.75) is 103 Å². The van der Waals surface area contributed by atoms with E-state index < -0.39 is 0 Å². The molecule has 1 unspecified atom stereocenters. The second-order valence-electron chi connectivity index (χ2n) is 11.5. The van der Waals surface area contributed by atoms with E-state index in [-0.39, 0.29) is 23.7 Å². The van der Waals surface area contributed by atoms with E-state index in [1.807, 2.05) is 19.1 Å². The monoisotopic (exact) mass is 469 g/mol. The highest BCUT2D eigenvalue weighted by Crippen LogP contribution is 2.63. The number of phenolic OH excluding ortho intramolecular Hbond substituents is 1. The van der Waals surface area contributed by atoms with Crippen molar-refractivity contribution >= 4 is 5.91 Å². The predicted molar refractivity (Wildman–Crippen MR) is 133 cm³/mol. The Balaban J connectivity index is 1.34. The van der Waals surface area contributed by atoms with Crippen molar-refractivity contribution in [2.24, 2.45) is 23.2 Å². The lowest BCUT2D eigenvalue weighted by Gasteiger charge is -2.51. The molecule has 5 nitrogen and oxygen atoms in total. The van der Waals surface area contributed by atoms with Gasteiger partial charge in [0, 0.05) is 19.6 Å². The fourth-order valence-corrected chi connectivity index (χ4v) is 7.94. The van der Waals surface area contributed by atoms with E-state index in [1.54, 1.807) is 0 Å². The molecule has 2 saturated carbocycles. The molecule has 1 aromatic carbocycles. The first kappa shape index (κ1) is 24.1. The Morgan fingerprint density at radius 1 is 1.26 bits per heavy atom. The summed E-state index contributed by atoms with van der Waals surface area (Å²) >= 11 is 0. The Hall–Kier alpha value is -1.59. The summed E-state index contributed by atoms with van der Waals surface area (Å²) < 4.78 is 12.9. The van der Waals surface area contributed by atoms with Crippen molar-refractivity contribution < 1.29 is 19.4 Å². The van der Waals surface area contributed by atoms with Gasteiger partial charge < -0.3 is 19.9 Å². The molecular weight excluding hydrogens is 426 g/mol. The van der Waals surface area contributed by atoms with Gasteiger partial charge in [0.05, 0.1) is 6.10 Å². The minimum absolute atomic E-state index is 0.0515. The zero-order valence-electron chi connectivity index (χ0n) is 21.1. The number of hydrogen-bond donors (Lipinski definition) is 2. The van der Waals surface area contributed by atoms with Crippen LogP contribution in [0.2, 0.25) is 0 Å². The molecule has 1 aliphatic heterocycles. The lowest BCUT2D eigenvalue weighted by atomic mass is 9.55. The summed E-state index contributed by atoms with van der Waals surface area (Å²) in [5.41, 5.74) is 3.03. The highest BCUT2D eigenvalue weighted by molar-refractivity contribution is 5.75. The SMILES string of the molecule is CCC(=O)NCCC[C@H]1C[C@H]2[C@@H]3CCc4cc(O)ccc4[C@H]3CC[C@]2(C)[C@H]1OC1CCCCO1. The molecule has 188 valence electrons. The number of carbonyl (C=O) groups excluding carboxylic acids is 1. The van der Waals surface area contributed by atoms with E-state index in [0.29, 0.717) is 35.8 Å². The van der Waals surface area contributed by atoms with E-state index in [1.165, 1.54) is 43.2 Å². The van der Waals surface area contributed by atoms with Crippen LogP contribution in [-0.4, -0.2) is 36.6 Å². The molecule has 4 aliphatic rings. The molecule has 1 saturated heterocycles. The molecule has 34 heavy (non-hydrogen) atoms. The number of aryl methyl sites for hydroxylation is 1. The first-order valence-corrected chi connectivity index (χ1v) is 13.8. The lowest BCUT2D eigenvalue weighted by Crippen LogP contribution is -2.47. The van der Waals surface area contributed by atoms with Gasteiger partial charge in [-0.05, 0) is 117 Å². The number of nitrogens with one attached hydrogen (secondary N) is 1. The third-order valence-electron chi connectivity index (χ3n) is 9.61. The van der Waals surface area contributed by atoms with Gasteiger partial charge in [0.2, 0.25) is 5.91 Å². The Morgan fingerprint density at radius 3 is 2.94 bits per heavy atom. The first-order chi connectivity index (χ1) is 16.5. The minimum atomic E-state index is -0.0515. The number of aromatic hydroxyl groups is 1. The predicted octanol–water partition coefficient (Wildman–Crippen LogP) is 5.69. The number of ether oxygens (including phenoxy) is 2. The first-order valence-electron chi connectivity index (χ1n) is 13.8. The molecule has 0 bridgehead atoms. The standard InChI is InChI=1S/C29H43NO4/c1-3-26(32)30-15-6-7-20-18-25-24-11-9-19-17-21(31)10-12-22(19)23(24)13-14-29(25,2)28(20)34-27-8-4-5-16-33-27/h10,12,17,20,23-25,27-28,31H,3-9,11,13-16,18H2,1-2H3,(H,30,32)/t20-,23+,24+,25-,27?,28-,29-/m0/s1. The maximum absolute atomic E-state index is 11.7. The molecule has 0 spiro atoms. The number of phenols is 1. The third kappa shape index (κ3) is 4.63. The zero-order chi connectivity index (χ0) is 23.7. The second kappa shape index (κ2) is 10.2. The summed E-state index contributed by atoms with van der Waals surface area (Å²) in [4.78, 5) is 11.7. The van der Waals surface area contributed by atoms with Gasteiger partial charge in [-0.3, -0.25) is 4.79 Å². The van der Waals surface area contributed by atoms with Gasteiger partial charge >= 0.3 is 0 Å². The van der Waals surface area contributed by atoms with Crippen molar-refractivity contribution in [3.05, 3.63) is 29.3 Å². The summed E-state index contributed by atoms with van der Waals surface area (Å²) in [5, 5.41) is 13.1. The molecular formula is C29H43NO4. The van der Waals surface area contributed by atoms with E-state index in [0.717, 1.165) is 45.3 Å². The lowest BCUT2D eigenvalue weighted by molar-refractivity contribution is -0.221. The van der Waals surface area contributed by atoms with Crippen LogP contribution in [0.1, 0.15) is 95.1 Å². The van der Waals surface area contributed by atoms with Crippen LogP contribution < -0.4 is 5.32 Å². The Labute approximate surface area is 205 Å². The summed E-state index contributed by atoms with van der Waals surface area (Å²) in [6, 6.07) is 6.06. The average molecular weight is 470 g/mol. The zero-order valence-corrected chi connectivity index (χ0v) is 21.1. The van der Waals surface area contributed by atoms with Gasteiger partial charge in [0.1, 0.15) is 5.75 Å². The van der Waals surface area contributed by atoms with Gasteiger partial charge in [0.15, 0.2) is 6.29 Å². The van der Waals surface area contributed by atoms with E-state index in [2.05, 4.69) is 18.3 Å². The number of rotatable bonds is 7. The van der Waals surface area contributed by atoms with Crippen LogP contribution in [0.4, 0.5) is 0 Å². The maximum Gasteiger partial charge on any atom is 0.219 e. The smallest absolute Gasteiger partial charge is 0.219 e. The van der Waals surface area contributed by atoms with Crippen molar-refractivity contribution in [1.29, 1.82) is 0 Å². The fraction of sp³-hybridized carbons (Fsp3) is 0.759. The molecule has 1 amide bonds. The van der Waals surface area contributed by atoms with Gasteiger partial charge in [-0.15, -0.1) is 0 Å². The van der Waals surface area contributed by atoms with Gasteiger partial charge in [-0.2, -0.15) is 0 Å². The van der Waals surface area contributed by atoms with Crippen molar-refractivity contribution in [3.63, 3.8) is 0 Å². The van der Waals surface area contributed by atoms with Crippen LogP contribution in [0.5, 0.6) is 5.75 Å². The Bertz CT molecular complexity index is 866. The van der Waals surface area contributed by atoms with Crippen LogP contribution in [0.3, 0.4) is 0 Å². The van der Waals surface area contributed by atoms with Gasteiger partial charge in [-0.25, -0.2) is 0 Å². The van der Waals surface area contributed by atoms with E-state index in [4.69, 9.17) is 9.47 Å². The van der Waals surface area contributed by atoms with Crippen molar-refractivity contribution in [2.75, 3.05) is 13.2 Å². The van der Waals surface area contributed by atoms with Crippen LogP contribution >= 0.6 is 0 Å². The van der Waals surface area contributed by atoms with Crippen molar-refractivity contribution in [3.8, 4) is 5.75 Å². The number of benzene rings is 1. The Morgan fingerprint density at radius 2 is 2.15 bits per heavy atom. The fourth-order valence-electron chi connectivity index (χ4n) is 7.94. The number of hydrogen-bond acceptors (Lipinski definition) is 4.